The Morgan fingerprint density at radius 1 is 1.25 bits per heavy atom. The molecule has 0 saturated heterocycles. The minimum atomic E-state index is -3.12. The van der Waals surface area contributed by atoms with Crippen molar-refractivity contribution in [1.82, 2.24) is 0 Å². The average molecular weight is 242 g/mol. The number of nitrogens with two attached hydrogens (primary N) is 1. The van der Waals surface area contributed by atoms with E-state index in [9.17, 15) is 8.42 Å². The Balaban J connectivity index is 2.73. The van der Waals surface area contributed by atoms with Gasteiger partial charge in [-0.3, -0.25) is 0 Å². The number of anilines is 1. The average Bonchev–Trinajstić information content (AvgIpc) is 2.13. The molecule has 0 fully saturated rings. The largest absolute Gasteiger partial charge is 0.383 e. The van der Waals surface area contributed by atoms with Crippen LogP contribution >= 0.6 is 0 Å². The van der Waals surface area contributed by atoms with Gasteiger partial charge in [-0.05, 0) is 38.1 Å². The third kappa shape index (κ3) is 4.20. The summed E-state index contributed by atoms with van der Waals surface area (Å²) in [4.78, 5) is 0.324. The highest BCUT2D eigenvalue weighted by atomic mass is 32.2. The van der Waals surface area contributed by atoms with Crippen LogP contribution in [0.1, 0.15) is 13.8 Å². The molecule has 0 aliphatic carbocycles. The van der Waals surface area contributed by atoms with Crippen molar-refractivity contribution in [3.8, 4) is 0 Å². The van der Waals surface area contributed by atoms with Gasteiger partial charge in [0.2, 0.25) is 0 Å². The van der Waals surface area contributed by atoms with Crippen molar-refractivity contribution in [3.05, 3.63) is 24.3 Å². The fraction of sp³-hybridized carbons (Fsp3) is 0.455. The van der Waals surface area contributed by atoms with Gasteiger partial charge in [0.05, 0.1) is 4.90 Å². The second kappa shape index (κ2) is 4.43. The molecule has 1 aromatic carbocycles. The second-order valence-corrected chi connectivity index (χ2v) is 6.65. The maximum Gasteiger partial charge on any atom is 0.175 e. The Labute approximate surface area is 96.8 Å². The van der Waals surface area contributed by atoms with Gasteiger partial charge in [-0.1, -0.05) is 0 Å². The highest BCUT2D eigenvalue weighted by Crippen LogP contribution is 2.14. The summed E-state index contributed by atoms with van der Waals surface area (Å²) in [5.74, 6) is 0. The maximum atomic E-state index is 11.2. The molecule has 16 heavy (non-hydrogen) atoms. The minimum absolute atomic E-state index is 0.296. The van der Waals surface area contributed by atoms with E-state index in [4.69, 9.17) is 5.73 Å². The van der Waals surface area contributed by atoms with Crippen LogP contribution in [-0.4, -0.2) is 26.8 Å². The van der Waals surface area contributed by atoms with Gasteiger partial charge in [0, 0.05) is 24.0 Å². The Hall–Kier alpha value is -1.07. The molecule has 3 N–H and O–H groups in total. The monoisotopic (exact) mass is 242 g/mol. The summed E-state index contributed by atoms with van der Waals surface area (Å²) in [7, 11) is -3.12. The third-order valence-corrected chi connectivity index (χ3v) is 3.16. The zero-order chi connectivity index (χ0) is 12.4. The Kier molecular flexibility index (Phi) is 3.60. The normalized spacial score (nSPS) is 12.5. The predicted octanol–water partition coefficient (Wildman–Crippen LogP) is 1.24. The van der Waals surface area contributed by atoms with Gasteiger partial charge in [-0.15, -0.1) is 0 Å². The molecule has 0 aliphatic heterocycles. The van der Waals surface area contributed by atoms with Crippen LogP contribution in [0.15, 0.2) is 29.2 Å². The van der Waals surface area contributed by atoms with Crippen molar-refractivity contribution in [1.29, 1.82) is 0 Å². The van der Waals surface area contributed by atoms with E-state index in [1.807, 2.05) is 13.8 Å². The Bertz CT molecular complexity index is 444. The molecular weight excluding hydrogens is 224 g/mol. The SMILES string of the molecule is CC(C)(N)CNc1ccc(S(C)(=O)=O)cc1. The smallest absolute Gasteiger partial charge is 0.175 e. The summed E-state index contributed by atoms with van der Waals surface area (Å²) >= 11 is 0. The van der Waals surface area contributed by atoms with Gasteiger partial charge < -0.3 is 11.1 Å². The van der Waals surface area contributed by atoms with Gasteiger partial charge in [0.1, 0.15) is 0 Å². The summed E-state index contributed by atoms with van der Waals surface area (Å²) in [6.07, 6.45) is 1.19. The van der Waals surface area contributed by atoms with Gasteiger partial charge in [-0.2, -0.15) is 0 Å². The molecule has 0 amide bonds. The van der Waals surface area contributed by atoms with Crippen LogP contribution in [0.3, 0.4) is 0 Å². The molecular formula is C11H18N2O2S. The fourth-order valence-corrected chi connectivity index (χ4v) is 1.78. The van der Waals surface area contributed by atoms with E-state index >= 15 is 0 Å². The summed E-state index contributed by atoms with van der Waals surface area (Å²) in [5, 5.41) is 3.14. The highest BCUT2D eigenvalue weighted by molar-refractivity contribution is 7.90. The quantitative estimate of drug-likeness (QED) is 0.833. The number of rotatable bonds is 4. The fourth-order valence-electron chi connectivity index (χ4n) is 1.15. The molecule has 0 spiro atoms. The molecule has 1 aromatic rings. The summed E-state index contributed by atoms with van der Waals surface area (Å²) < 4.78 is 22.4. The number of hydrogen-bond acceptors (Lipinski definition) is 4. The van der Waals surface area contributed by atoms with E-state index in [0.29, 0.717) is 11.4 Å². The van der Waals surface area contributed by atoms with Gasteiger partial charge in [-0.25, -0.2) is 8.42 Å². The molecule has 0 bridgehead atoms. The third-order valence-electron chi connectivity index (χ3n) is 2.03. The predicted molar refractivity (Wildman–Crippen MR) is 66.3 cm³/mol. The lowest BCUT2D eigenvalue weighted by Gasteiger charge is -2.19. The standard InChI is InChI=1S/C11H18N2O2S/c1-11(2,12)8-13-9-4-6-10(7-5-9)16(3,14)15/h4-7,13H,8,12H2,1-3H3. The zero-order valence-electron chi connectivity index (χ0n) is 9.82. The molecule has 0 atom stereocenters. The van der Waals surface area contributed by atoms with E-state index in [0.717, 1.165) is 5.69 Å². The second-order valence-electron chi connectivity index (χ2n) is 4.64. The van der Waals surface area contributed by atoms with E-state index < -0.39 is 9.84 Å². The molecule has 0 unspecified atom stereocenters. The van der Waals surface area contributed by atoms with E-state index in [-0.39, 0.29) is 5.54 Å². The zero-order valence-corrected chi connectivity index (χ0v) is 10.6. The minimum Gasteiger partial charge on any atom is -0.383 e. The van der Waals surface area contributed by atoms with E-state index in [2.05, 4.69) is 5.32 Å². The van der Waals surface area contributed by atoms with Crippen LogP contribution < -0.4 is 11.1 Å². The molecule has 5 heteroatoms. The number of sulfone groups is 1. The first kappa shape index (κ1) is 13.0. The van der Waals surface area contributed by atoms with Crippen molar-refractivity contribution >= 4 is 15.5 Å². The highest BCUT2D eigenvalue weighted by Gasteiger charge is 2.10. The molecule has 0 radical (unpaired) electrons. The van der Waals surface area contributed by atoms with Crippen molar-refractivity contribution in [3.63, 3.8) is 0 Å². The van der Waals surface area contributed by atoms with E-state index in [1.165, 1.54) is 6.26 Å². The first-order chi connectivity index (χ1) is 7.18. The molecule has 1 rings (SSSR count). The van der Waals surface area contributed by atoms with Crippen LogP contribution in [-0.2, 0) is 9.84 Å². The van der Waals surface area contributed by atoms with Crippen molar-refractivity contribution in [2.45, 2.75) is 24.3 Å². The first-order valence-corrected chi connectivity index (χ1v) is 6.90. The molecule has 0 aliphatic rings. The summed E-state index contributed by atoms with van der Waals surface area (Å²) in [6, 6.07) is 6.65. The first-order valence-electron chi connectivity index (χ1n) is 5.01. The van der Waals surface area contributed by atoms with Crippen molar-refractivity contribution in [2.75, 3.05) is 18.1 Å². The lowest BCUT2D eigenvalue weighted by Crippen LogP contribution is -2.39. The Morgan fingerprint density at radius 3 is 2.12 bits per heavy atom. The Morgan fingerprint density at radius 2 is 1.75 bits per heavy atom. The van der Waals surface area contributed by atoms with Crippen LogP contribution in [0.5, 0.6) is 0 Å². The lowest BCUT2D eigenvalue weighted by atomic mass is 10.1. The van der Waals surface area contributed by atoms with Crippen molar-refractivity contribution in [2.24, 2.45) is 5.73 Å². The summed E-state index contributed by atoms with van der Waals surface area (Å²) in [6.45, 7) is 4.47. The van der Waals surface area contributed by atoms with E-state index in [1.54, 1.807) is 24.3 Å². The van der Waals surface area contributed by atoms with Crippen LogP contribution in [0.25, 0.3) is 0 Å². The molecule has 4 nitrogen and oxygen atoms in total. The van der Waals surface area contributed by atoms with Crippen LogP contribution in [0, 0.1) is 0 Å². The number of nitrogens with one attached hydrogen (secondary N) is 1. The molecule has 0 aromatic heterocycles. The number of benzene rings is 1. The van der Waals surface area contributed by atoms with Gasteiger partial charge in [0.15, 0.2) is 9.84 Å². The molecule has 0 saturated carbocycles. The van der Waals surface area contributed by atoms with Crippen LogP contribution in [0.4, 0.5) is 5.69 Å². The lowest BCUT2D eigenvalue weighted by molar-refractivity contribution is 0.549. The van der Waals surface area contributed by atoms with Crippen molar-refractivity contribution < 1.29 is 8.42 Å². The van der Waals surface area contributed by atoms with Gasteiger partial charge in [0.25, 0.3) is 0 Å². The topological polar surface area (TPSA) is 72.2 Å². The number of hydrogen-bond donors (Lipinski definition) is 2. The van der Waals surface area contributed by atoms with Crippen LogP contribution in [0.2, 0.25) is 0 Å². The molecule has 0 heterocycles. The maximum absolute atomic E-state index is 11.2. The molecule has 90 valence electrons. The summed E-state index contributed by atoms with van der Waals surface area (Å²) in [5.41, 5.74) is 6.39. The van der Waals surface area contributed by atoms with Gasteiger partial charge >= 0.3 is 0 Å².